The third-order valence-corrected chi connectivity index (χ3v) is 3.13. The van der Waals surface area contributed by atoms with Crippen molar-refractivity contribution in [3.05, 3.63) is 58.9 Å². The Morgan fingerprint density at radius 3 is 2.41 bits per heavy atom. The number of nitrogens with two attached hydrogens (primary N) is 1. The Morgan fingerprint density at radius 2 is 1.86 bits per heavy atom. The number of hydrogen-bond acceptors (Lipinski definition) is 4. The van der Waals surface area contributed by atoms with E-state index in [1.165, 1.54) is 24.4 Å². The Labute approximate surface area is 124 Å². The molecule has 0 atom stereocenters. The van der Waals surface area contributed by atoms with Gasteiger partial charge in [-0.25, -0.2) is 0 Å². The normalized spacial score (nSPS) is 11.5. The maximum Gasteiger partial charge on any atom is 0.416 e. The van der Waals surface area contributed by atoms with E-state index >= 15 is 0 Å². The summed E-state index contributed by atoms with van der Waals surface area (Å²) in [6, 6.07) is 6.26. The van der Waals surface area contributed by atoms with E-state index in [2.05, 4.69) is 4.98 Å². The molecule has 0 unspecified atom stereocenters. The molecule has 116 valence electrons. The predicted molar refractivity (Wildman–Crippen MR) is 76.8 cm³/mol. The second-order valence-corrected chi connectivity index (χ2v) is 4.77. The van der Waals surface area contributed by atoms with Crippen LogP contribution in [0.5, 0.6) is 0 Å². The van der Waals surface area contributed by atoms with Crippen LogP contribution in [0.25, 0.3) is 0 Å². The van der Waals surface area contributed by atoms with Crippen LogP contribution in [-0.4, -0.2) is 22.4 Å². The zero-order valence-electron chi connectivity index (χ0n) is 11.5. The first-order valence-electron chi connectivity index (χ1n) is 6.40. The van der Waals surface area contributed by atoms with Gasteiger partial charge in [0.05, 0.1) is 35.5 Å². The molecule has 0 radical (unpaired) electrons. The van der Waals surface area contributed by atoms with Crippen LogP contribution >= 0.6 is 0 Å². The van der Waals surface area contributed by atoms with Crippen molar-refractivity contribution in [2.24, 2.45) is 0 Å². The minimum atomic E-state index is -4.37. The van der Waals surface area contributed by atoms with Crippen molar-refractivity contribution in [3.8, 4) is 0 Å². The molecule has 1 aromatic heterocycles. The van der Waals surface area contributed by atoms with Crippen LogP contribution in [0, 0.1) is 5.41 Å². The summed E-state index contributed by atoms with van der Waals surface area (Å²) in [6.45, 7) is -0.467. The van der Waals surface area contributed by atoms with Gasteiger partial charge >= 0.3 is 6.18 Å². The van der Waals surface area contributed by atoms with Gasteiger partial charge in [-0.1, -0.05) is 12.1 Å². The highest BCUT2D eigenvalue weighted by molar-refractivity contribution is 6.00. The highest BCUT2D eigenvalue weighted by atomic mass is 19.4. The summed E-state index contributed by atoms with van der Waals surface area (Å²) in [4.78, 5) is 4.11. The van der Waals surface area contributed by atoms with E-state index in [0.717, 1.165) is 12.1 Å². The van der Waals surface area contributed by atoms with Gasteiger partial charge in [-0.3, -0.25) is 4.98 Å². The number of nitrogens with zero attached hydrogens (tertiary/aromatic N) is 1. The Balaban J connectivity index is 2.29. The van der Waals surface area contributed by atoms with Gasteiger partial charge in [-0.05, 0) is 23.8 Å². The largest absolute Gasteiger partial charge is 0.416 e. The molecule has 0 aliphatic heterocycles. The fourth-order valence-corrected chi connectivity index (χ4v) is 2.00. The molecule has 2 aromatic rings. The molecular formula is C15H14F3N3O. The topological polar surface area (TPSA) is 83.0 Å². The van der Waals surface area contributed by atoms with Crippen molar-refractivity contribution in [1.29, 1.82) is 5.41 Å². The molecule has 0 aliphatic rings. The van der Waals surface area contributed by atoms with Gasteiger partial charge in [0.1, 0.15) is 0 Å². The Hall–Kier alpha value is -2.41. The average Bonchev–Trinajstić information content (AvgIpc) is 2.48. The van der Waals surface area contributed by atoms with Crippen molar-refractivity contribution in [2.45, 2.75) is 12.6 Å². The Morgan fingerprint density at radius 1 is 1.23 bits per heavy atom. The minimum Gasteiger partial charge on any atom is -0.397 e. The molecule has 0 amide bonds. The van der Waals surface area contributed by atoms with Crippen LogP contribution in [0.2, 0.25) is 0 Å². The van der Waals surface area contributed by atoms with Crippen molar-refractivity contribution in [3.63, 3.8) is 0 Å². The maximum absolute atomic E-state index is 12.5. The molecule has 0 fully saturated rings. The summed E-state index contributed by atoms with van der Waals surface area (Å²) < 4.78 is 37.6. The molecule has 4 nitrogen and oxygen atoms in total. The summed E-state index contributed by atoms with van der Waals surface area (Å²) in [5, 5.41) is 16.8. The maximum atomic E-state index is 12.5. The van der Waals surface area contributed by atoms with Crippen LogP contribution in [0.4, 0.5) is 18.9 Å². The lowest BCUT2D eigenvalue weighted by molar-refractivity contribution is -0.137. The van der Waals surface area contributed by atoms with E-state index < -0.39 is 18.3 Å². The molecule has 0 spiro atoms. The number of alkyl halides is 3. The van der Waals surface area contributed by atoms with Crippen molar-refractivity contribution < 1.29 is 18.3 Å². The number of hydrogen-bond donors (Lipinski definition) is 3. The summed E-state index contributed by atoms with van der Waals surface area (Å²) >= 11 is 0. The number of aliphatic hydroxyl groups excluding tert-OH is 1. The van der Waals surface area contributed by atoms with Gasteiger partial charge in [0.15, 0.2) is 0 Å². The van der Waals surface area contributed by atoms with Gasteiger partial charge in [0.2, 0.25) is 0 Å². The van der Waals surface area contributed by atoms with Gasteiger partial charge in [-0.2, -0.15) is 13.2 Å². The average molecular weight is 309 g/mol. The van der Waals surface area contributed by atoms with Gasteiger partial charge < -0.3 is 16.2 Å². The zero-order chi connectivity index (χ0) is 16.3. The Bertz CT molecular complexity index is 681. The number of nitrogens with one attached hydrogen (secondary N) is 1. The molecular weight excluding hydrogens is 295 g/mol. The second-order valence-electron chi connectivity index (χ2n) is 4.77. The number of nitrogen functional groups attached to an aromatic ring is 1. The molecule has 1 heterocycles. The molecule has 0 saturated carbocycles. The van der Waals surface area contributed by atoms with Crippen molar-refractivity contribution in [1.82, 2.24) is 4.98 Å². The zero-order valence-corrected chi connectivity index (χ0v) is 11.5. The fraction of sp³-hybridized carbons (Fsp3) is 0.200. The minimum absolute atomic E-state index is 0.0401. The van der Waals surface area contributed by atoms with E-state index in [-0.39, 0.29) is 12.1 Å². The van der Waals surface area contributed by atoms with Crippen LogP contribution in [0.3, 0.4) is 0 Å². The van der Waals surface area contributed by atoms with Crippen LogP contribution in [0.15, 0.2) is 36.5 Å². The smallest absolute Gasteiger partial charge is 0.397 e. The number of anilines is 1. The quantitative estimate of drug-likeness (QED) is 0.759. The number of benzene rings is 1. The first kappa shape index (κ1) is 16.0. The molecule has 0 saturated heterocycles. The lowest BCUT2D eigenvalue weighted by atomic mass is 10.0. The number of pyridine rings is 1. The number of aromatic nitrogens is 1. The number of rotatable bonds is 4. The second kappa shape index (κ2) is 6.15. The van der Waals surface area contributed by atoms with E-state index in [1.54, 1.807) is 0 Å². The monoisotopic (exact) mass is 309 g/mol. The Kier molecular flexibility index (Phi) is 4.46. The van der Waals surface area contributed by atoms with Gasteiger partial charge in [-0.15, -0.1) is 0 Å². The van der Waals surface area contributed by atoms with E-state index in [1.807, 2.05) is 0 Å². The third-order valence-electron chi connectivity index (χ3n) is 3.13. The molecule has 2 rings (SSSR count). The first-order chi connectivity index (χ1) is 10.3. The van der Waals surface area contributed by atoms with Crippen LogP contribution < -0.4 is 5.73 Å². The van der Waals surface area contributed by atoms with Crippen LogP contribution in [0.1, 0.15) is 22.4 Å². The lowest BCUT2D eigenvalue weighted by Gasteiger charge is -2.11. The molecule has 0 bridgehead atoms. The first-order valence-corrected chi connectivity index (χ1v) is 6.40. The van der Waals surface area contributed by atoms with Crippen LogP contribution in [-0.2, 0) is 12.6 Å². The highest BCUT2D eigenvalue weighted by Gasteiger charge is 2.29. The molecule has 1 aromatic carbocycles. The summed E-state index contributed by atoms with van der Waals surface area (Å²) in [5.74, 6) is 0. The predicted octanol–water partition coefficient (Wildman–Crippen LogP) is 2.63. The molecule has 0 aliphatic carbocycles. The van der Waals surface area contributed by atoms with Crippen molar-refractivity contribution >= 4 is 11.4 Å². The molecule has 22 heavy (non-hydrogen) atoms. The summed E-state index contributed by atoms with van der Waals surface area (Å²) in [5.41, 5.74) is 6.70. The van der Waals surface area contributed by atoms with Gasteiger partial charge in [0.25, 0.3) is 0 Å². The SMILES string of the molecule is N=C(CO)c1cc(N)cnc1Cc1ccc(C(F)(F)F)cc1. The standard InChI is InChI=1S/C15H14F3N3O/c16-15(17,18)10-3-1-9(2-4-10)5-14-12(13(20)8-22)6-11(19)7-21-14/h1-4,6-7,20,22H,5,8,19H2. The number of aliphatic hydroxyl groups is 1. The highest BCUT2D eigenvalue weighted by Crippen LogP contribution is 2.29. The van der Waals surface area contributed by atoms with E-state index in [0.29, 0.717) is 22.5 Å². The summed E-state index contributed by atoms with van der Waals surface area (Å²) in [6.07, 6.45) is -2.72. The van der Waals surface area contributed by atoms with E-state index in [4.69, 9.17) is 16.2 Å². The fourth-order valence-electron chi connectivity index (χ4n) is 2.00. The van der Waals surface area contributed by atoms with Gasteiger partial charge in [0, 0.05) is 12.0 Å². The summed E-state index contributed by atoms with van der Waals surface area (Å²) in [7, 11) is 0. The number of halogens is 3. The molecule has 7 heteroatoms. The molecule has 4 N–H and O–H groups in total. The lowest BCUT2D eigenvalue weighted by Crippen LogP contribution is -2.11. The van der Waals surface area contributed by atoms with E-state index in [9.17, 15) is 13.2 Å². The third kappa shape index (κ3) is 3.62. The van der Waals surface area contributed by atoms with Crippen molar-refractivity contribution in [2.75, 3.05) is 12.3 Å².